The van der Waals surface area contributed by atoms with Crippen molar-refractivity contribution in [1.29, 1.82) is 0 Å². The lowest BCUT2D eigenvalue weighted by atomic mass is 9.51. The van der Waals surface area contributed by atoms with Crippen LogP contribution < -0.4 is 4.90 Å². The summed E-state index contributed by atoms with van der Waals surface area (Å²) in [5.41, 5.74) is 21.3. The molecule has 0 aliphatic heterocycles. The van der Waals surface area contributed by atoms with Gasteiger partial charge in [-0.05, 0) is 121 Å². The fourth-order valence-electron chi connectivity index (χ4n) is 12.4. The van der Waals surface area contributed by atoms with Gasteiger partial charge in [0.25, 0.3) is 0 Å². The summed E-state index contributed by atoms with van der Waals surface area (Å²) in [5.74, 6) is 0. The molecule has 2 aliphatic carbocycles. The molecular formula is C68H45NO. The van der Waals surface area contributed by atoms with E-state index in [1.807, 2.05) is 12.1 Å². The van der Waals surface area contributed by atoms with Gasteiger partial charge in [-0.2, -0.15) is 0 Å². The van der Waals surface area contributed by atoms with E-state index in [9.17, 15) is 0 Å². The van der Waals surface area contributed by atoms with Gasteiger partial charge in [0, 0.05) is 27.7 Å². The van der Waals surface area contributed by atoms with Crippen LogP contribution in [0.3, 0.4) is 0 Å². The zero-order valence-electron chi connectivity index (χ0n) is 38.3. The molecule has 0 saturated heterocycles. The Hall–Kier alpha value is -8.98. The zero-order valence-corrected chi connectivity index (χ0v) is 38.3. The first kappa shape index (κ1) is 40.1. The van der Waals surface area contributed by atoms with Crippen LogP contribution in [0.2, 0.25) is 0 Å². The Kier molecular flexibility index (Phi) is 9.06. The van der Waals surface area contributed by atoms with Crippen LogP contribution in [0.4, 0.5) is 17.1 Å². The molecule has 2 aliphatic rings. The van der Waals surface area contributed by atoms with Gasteiger partial charge in [-0.1, -0.05) is 224 Å². The molecule has 11 aromatic carbocycles. The summed E-state index contributed by atoms with van der Waals surface area (Å²) in [4.78, 5) is 2.47. The van der Waals surface area contributed by atoms with Crippen LogP contribution in [0.1, 0.15) is 44.5 Å². The molecule has 0 bridgehead atoms. The SMILES string of the molecule is c1ccc(-c2ccc(N(c3ccc(-c4ccc5c(c4)oc4ccccc45)cc3)c3cccc4c3-c3ccccc3C43c4ccccc4C(c4ccccc4)(c4ccccc4)c4ccccc43)cc2)cc1. The number of benzene rings is 11. The first-order chi connectivity index (χ1) is 34.7. The Labute approximate surface area is 408 Å². The van der Waals surface area contributed by atoms with E-state index in [1.165, 1.54) is 66.8 Å². The lowest BCUT2D eigenvalue weighted by Crippen LogP contribution is -2.44. The predicted molar refractivity (Wildman–Crippen MR) is 288 cm³/mol. The van der Waals surface area contributed by atoms with Gasteiger partial charge < -0.3 is 9.32 Å². The lowest BCUT2D eigenvalue weighted by molar-refractivity contribution is 0.623. The molecular weight excluding hydrogens is 847 g/mol. The average molecular weight is 892 g/mol. The first-order valence-electron chi connectivity index (χ1n) is 24.2. The molecule has 0 radical (unpaired) electrons. The number of furan rings is 1. The molecule has 2 nitrogen and oxygen atoms in total. The Morgan fingerprint density at radius 1 is 0.286 bits per heavy atom. The van der Waals surface area contributed by atoms with Crippen molar-refractivity contribution in [3.8, 4) is 33.4 Å². The maximum absolute atomic E-state index is 6.34. The van der Waals surface area contributed by atoms with Crippen LogP contribution in [0.15, 0.2) is 277 Å². The number of nitrogens with zero attached hydrogens (tertiary/aromatic N) is 1. The van der Waals surface area contributed by atoms with E-state index in [1.54, 1.807) is 0 Å². The van der Waals surface area contributed by atoms with E-state index in [0.29, 0.717) is 0 Å². The maximum atomic E-state index is 6.34. The second-order valence-corrected chi connectivity index (χ2v) is 18.7. The van der Waals surface area contributed by atoms with Crippen molar-refractivity contribution in [2.45, 2.75) is 10.8 Å². The van der Waals surface area contributed by atoms with Crippen molar-refractivity contribution in [3.05, 3.63) is 317 Å². The maximum Gasteiger partial charge on any atom is 0.136 e. The van der Waals surface area contributed by atoms with Crippen LogP contribution in [0, 0.1) is 0 Å². The zero-order chi connectivity index (χ0) is 46.2. The van der Waals surface area contributed by atoms with E-state index >= 15 is 0 Å². The van der Waals surface area contributed by atoms with Crippen molar-refractivity contribution in [3.63, 3.8) is 0 Å². The van der Waals surface area contributed by atoms with Gasteiger partial charge in [0.2, 0.25) is 0 Å². The van der Waals surface area contributed by atoms with Crippen LogP contribution in [0.5, 0.6) is 0 Å². The van der Waals surface area contributed by atoms with Crippen molar-refractivity contribution >= 4 is 39.0 Å². The van der Waals surface area contributed by atoms with Gasteiger partial charge in [0.05, 0.1) is 16.5 Å². The topological polar surface area (TPSA) is 16.4 Å². The summed E-state index contributed by atoms with van der Waals surface area (Å²) in [7, 11) is 0. The third kappa shape index (κ3) is 5.74. The summed E-state index contributed by atoms with van der Waals surface area (Å²) >= 11 is 0. The fraction of sp³-hybridized carbons (Fsp3) is 0.0294. The molecule has 0 atom stereocenters. The summed E-state index contributed by atoms with van der Waals surface area (Å²) in [6.45, 7) is 0. The smallest absolute Gasteiger partial charge is 0.136 e. The Bertz CT molecular complexity index is 3840. The molecule has 1 spiro atoms. The van der Waals surface area contributed by atoms with Crippen molar-refractivity contribution < 1.29 is 4.42 Å². The van der Waals surface area contributed by atoms with Gasteiger partial charge >= 0.3 is 0 Å². The number of anilines is 3. The molecule has 14 rings (SSSR count). The molecule has 0 unspecified atom stereocenters. The number of rotatable bonds is 7. The molecule has 0 saturated carbocycles. The highest BCUT2D eigenvalue weighted by Gasteiger charge is 2.57. The average Bonchev–Trinajstić information content (AvgIpc) is 3.96. The highest BCUT2D eigenvalue weighted by Crippen LogP contribution is 2.66. The van der Waals surface area contributed by atoms with Crippen molar-refractivity contribution in [2.24, 2.45) is 0 Å². The molecule has 1 heterocycles. The van der Waals surface area contributed by atoms with E-state index in [-0.39, 0.29) is 0 Å². The molecule has 0 fully saturated rings. The minimum atomic E-state index is -0.621. The van der Waals surface area contributed by atoms with Gasteiger partial charge in [-0.15, -0.1) is 0 Å². The monoisotopic (exact) mass is 891 g/mol. The molecule has 70 heavy (non-hydrogen) atoms. The Morgan fingerprint density at radius 2 is 0.729 bits per heavy atom. The predicted octanol–water partition coefficient (Wildman–Crippen LogP) is 17.4. The fourth-order valence-corrected chi connectivity index (χ4v) is 12.4. The molecule has 1 aromatic heterocycles. The Balaban J connectivity index is 1.00. The number of hydrogen-bond acceptors (Lipinski definition) is 2. The van der Waals surface area contributed by atoms with Crippen LogP contribution >= 0.6 is 0 Å². The van der Waals surface area contributed by atoms with Crippen molar-refractivity contribution in [1.82, 2.24) is 0 Å². The number of para-hydroxylation sites is 1. The second-order valence-electron chi connectivity index (χ2n) is 18.7. The van der Waals surface area contributed by atoms with Gasteiger partial charge in [-0.25, -0.2) is 0 Å². The van der Waals surface area contributed by atoms with Gasteiger partial charge in [0.1, 0.15) is 11.2 Å². The van der Waals surface area contributed by atoms with E-state index in [0.717, 1.165) is 50.1 Å². The molecule has 0 amide bonds. The highest BCUT2D eigenvalue weighted by molar-refractivity contribution is 6.06. The van der Waals surface area contributed by atoms with Crippen molar-refractivity contribution in [2.75, 3.05) is 4.90 Å². The first-order valence-corrected chi connectivity index (χ1v) is 24.2. The molecule has 0 N–H and O–H groups in total. The Morgan fingerprint density at radius 3 is 1.34 bits per heavy atom. The molecule has 328 valence electrons. The highest BCUT2D eigenvalue weighted by atomic mass is 16.3. The van der Waals surface area contributed by atoms with E-state index in [4.69, 9.17) is 4.42 Å². The summed E-state index contributed by atoms with van der Waals surface area (Å²) in [6.07, 6.45) is 0. The largest absolute Gasteiger partial charge is 0.456 e. The normalized spacial score (nSPS) is 13.7. The molecule has 2 heteroatoms. The van der Waals surface area contributed by atoms with E-state index < -0.39 is 10.8 Å². The van der Waals surface area contributed by atoms with E-state index in [2.05, 4.69) is 266 Å². The second kappa shape index (κ2) is 15.8. The van der Waals surface area contributed by atoms with Crippen LogP contribution in [0.25, 0.3) is 55.3 Å². The minimum Gasteiger partial charge on any atom is -0.456 e. The molecule has 12 aromatic rings. The summed E-state index contributed by atoms with van der Waals surface area (Å²) < 4.78 is 6.34. The third-order valence-electron chi connectivity index (χ3n) is 15.2. The minimum absolute atomic E-state index is 0.570. The number of hydrogen-bond donors (Lipinski definition) is 0. The van der Waals surface area contributed by atoms with Crippen LogP contribution in [-0.2, 0) is 10.8 Å². The van der Waals surface area contributed by atoms with Gasteiger partial charge in [0.15, 0.2) is 0 Å². The standard InChI is InChI=1S/C68H45NO/c1-4-19-46(20-5-1)47-35-40-52(41-36-47)69(53-42-37-48(38-43-53)49-39-44-55-54-25-11-17-34-64(54)70-65(55)45-49)63-33-18-32-62-66(63)56-26-10-12-27-57(56)68(62)60-30-15-13-28-58(60)67(50-21-6-2-7-22-50,51-23-8-3-9-24-51)59-29-14-16-31-61(59)68/h1-45H. The lowest BCUT2D eigenvalue weighted by Gasteiger charge is -2.50. The van der Waals surface area contributed by atoms with Gasteiger partial charge in [-0.3, -0.25) is 0 Å². The quantitative estimate of drug-likeness (QED) is 0.159. The summed E-state index contributed by atoms with van der Waals surface area (Å²) in [6, 6.07) is 101. The third-order valence-corrected chi connectivity index (χ3v) is 15.2. The van der Waals surface area contributed by atoms with Crippen LogP contribution in [-0.4, -0.2) is 0 Å². The summed E-state index contributed by atoms with van der Waals surface area (Å²) in [5, 5.41) is 2.27. The number of fused-ring (bicyclic) bond motifs is 12.